The van der Waals surface area contributed by atoms with Gasteiger partial charge in [-0.05, 0) is 37.1 Å². The summed E-state index contributed by atoms with van der Waals surface area (Å²) in [5.74, 6) is -0.674. The number of rotatable bonds is 8. The summed E-state index contributed by atoms with van der Waals surface area (Å²) in [5, 5.41) is 0. The lowest BCUT2D eigenvalue weighted by atomic mass is 10.1. The molecule has 1 aromatic heterocycles. The van der Waals surface area contributed by atoms with Crippen LogP contribution in [0.1, 0.15) is 28.5 Å². The Bertz CT molecular complexity index is 1380. The van der Waals surface area contributed by atoms with Crippen molar-refractivity contribution in [2.45, 2.75) is 25.3 Å². The second-order valence-corrected chi connectivity index (χ2v) is 9.41. The largest absolute Gasteiger partial charge is 0.462 e. The number of esters is 1. The standard InChI is InChI=1S/C27H26N2O4S/c1-3-33-27(30)24-20(2)29(23-17-11-6-12-18-23)25(22-15-9-5-10-16-22)26(24)34(31,32)28-19-21-13-7-4-8-14-21/h4-18,28H,3,19H2,1-2H3. The summed E-state index contributed by atoms with van der Waals surface area (Å²) in [6, 6.07) is 27.8. The molecule has 4 rings (SSSR count). The third kappa shape index (κ3) is 4.66. The van der Waals surface area contributed by atoms with Gasteiger partial charge >= 0.3 is 5.97 Å². The maximum absolute atomic E-state index is 13.8. The summed E-state index contributed by atoms with van der Waals surface area (Å²) in [4.78, 5) is 13.0. The molecule has 0 atom stereocenters. The Labute approximate surface area is 199 Å². The minimum Gasteiger partial charge on any atom is -0.462 e. The molecule has 0 aliphatic carbocycles. The number of sulfonamides is 1. The summed E-state index contributed by atoms with van der Waals surface area (Å²) in [6.45, 7) is 3.66. The van der Waals surface area contributed by atoms with Gasteiger partial charge in [0.15, 0.2) is 0 Å². The molecule has 0 fully saturated rings. The molecule has 0 unspecified atom stereocenters. The highest BCUT2D eigenvalue weighted by atomic mass is 32.2. The molecule has 34 heavy (non-hydrogen) atoms. The summed E-state index contributed by atoms with van der Waals surface area (Å²) < 4.78 is 37.4. The summed E-state index contributed by atoms with van der Waals surface area (Å²) in [7, 11) is -4.11. The van der Waals surface area contributed by atoms with Gasteiger partial charge in [0.25, 0.3) is 0 Å². The number of benzene rings is 3. The Morgan fingerprint density at radius 3 is 2.03 bits per heavy atom. The van der Waals surface area contributed by atoms with Crippen molar-refractivity contribution >= 4 is 16.0 Å². The van der Waals surface area contributed by atoms with Crippen LogP contribution < -0.4 is 4.72 Å². The SMILES string of the molecule is CCOC(=O)c1c(S(=O)(=O)NCc2ccccc2)c(-c2ccccc2)n(-c2ccccc2)c1C. The average molecular weight is 475 g/mol. The van der Waals surface area contributed by atoms with Gasteiger partial charge < -0.3 is 9.30 Å². The van der Waals surface area contributed by atoms with Crippen LogP contribution in [0.5, 0.6) is 0 Å². The normalized spacial score (nSPS) is 11.4. The van der Waals surface area contributed by atoms with Crippen molar-refractivity contribution in [3.05, 3.63) is 108 Å². The quantitative estimate of drug-likeness (QED) is 0.360. The fourth-order valence-corrected chi connectivity index (χ4v) is 5.44. The molecule has 0 radical (unpaired) electrons. The molecule has 0 spiro atoms. The van der Waals surface area contributed by atoms with Gasteiger partial charge in [-0.1, -0.05) is 78.9 Å². The molecule has 7 heteroatoms. The van der Waals surface area contributed by atoms with E-state index in [2.05, 4.69) is 4.72 Å². The van der Waals surface area contributed by atoms with Gasteiger partial charge in [-0.3, -0.25) is 0 Å². The molecule has 4 aromatic rings. The fourth-order valence-electron chi connectivity index (χ4n) is 3.97. The Balaban J connectivity index is 1.99. The Kier molecular flexibility index (Phi) is 6.95. The van der Waals surface area contributed by atoms with Crippen molar-refractivity contribution in [1.82, 2.24) is 9.29 Å². The van der Waals surface area contributed by atoms with Gasteiger partial charge in [-0.25, -0.2) is 17.9 Å². The maximum atomic E-state index is 13.8. The summed E-state index contributed by atoms with van der Waals surface area (Å²) in [6.07, 6.45) is 0. The number of carbonyl (C=O) groups excluding carboxylic acids is 1. The van der Waals surface area contributed by atoms with E-state index in [-0.39, 0.29) is 23.6 Å². The zero-order valence-electron chi connectivity index (χ0n) is 19.1. The van der Waals surface area contributed by atoms with Gasteiger partial charge in [0.2, 0.25) is 10.0 Å². The Morgan fingerprint density at radius 2 is 1.44 bits per heavy atom. The van der Waals surface area contributed by atoms with E-state index in [4.69, 9.17) is 4.74 Å². The van der Waals surface area contributed by atoms with E-state index in [1.165, 1.54) is 0 Å². The lowest BCUT2D eigenvalue weighted by Gasteiger charge is -2.14. The topological polar surface area (TPSA) is 77.4 Å². The van der Waals surface area contributed by atoms with Crippen LogP contribution in [0.3, 0.4) is 0 Å². The molecule has 0 saturated heterocycles. The second kappa shape index (κ2) is 10.1. The fraction of sp³-hybridized carbons (Fsp3) is 0.148. The Hall–Kier alpha value is -3.68. The smallest absolute Gasteiger partial charge is 0.341 e. The van der Waals surface area contributed by atoms with Crippen LogP contribution in [-0.2, 0) is 21.3 Å². The average Bonchev–Trinajstić information content (AvgIpc) is 3.18. The number of nitrogens with one attached hydrogen (secondary N) is 1. The van der Waals surface area contributed by atoms with Crippen LogP contribution in [0, 0.1) is 6.92 Å². The van der Waals surface area contributed by atoms with Crippen molar-refractivity contribution in [3.8, 4) is 16.9 Å². The van der Waals surface area contributed by atoms with Crippen LogP contribution >= 0.6 is 0 Å². The second-order valence-electron chi connectivity index (χ2n) is 7.71. The molecule has 0 amide bonds. The molecule has 0 saturated carbocycles. The van der Waals surface area contributed by atoms with Crippen LogP contribution in [-0.4, -0.2) is 25.6 Å². The third-order valence-electron chi connectivity index (χ3n) is 5.48. The van der Waals surface area contributed by atoms with E-state index in [1.807, 2.05) is 91.0 Å². The molecule has 174 valence electrons. The highest BCUT2D eigenvalue weighted by Gasteiger charge is 2.35. The summed E-state index contributed by atoms with van der Waals surface area (Å²) in [5.41, 5.74) is 3.16. The minimum absolute atomic E-state index is 0.0325. The van der Waals surface area contributed by atoms with Gasteiger partial charge in [0.1, 0.15) is 10.5 Å². The number of aromatic nitrogens is 1. The van der Waals surface area contributed by atoms with E-state index >= 15 is 0 Å². The van der Waals surface area contributed by atoms with E-state index in [0.717, 1.165) is 11.3 Å². The first-order chi connectivity index (χ1) is 16.4. The number of ether oxygens (including phenoxy) is 1. The first kappa shape index (κ1) is 23.5. The van der Waals surface area contributed by atoms with E-state index in [1.54, 1.807) is 18.4 Å². The third-order valence-corrected chi connectivity index (χ3v) is 6.94. The number of carbonyl (C=O) groups is 1. The molecule has 0 aliphatic rings. The first-order valence-corrected chi connectivity index (χ1v) is 12.5. The molecular formula is C27H26N2O4S. The highest BCUT2D eigenvalue weighted by Crippen LogP contribution is 2.38. The van der Waals surface area contributed by atoms with Crippen LogP contribution in [0.4, 0.5) is 0 Å². The van der Waals surface area contributed by atoms with Gasteiger partial charge in [-0.15, -0.1) is 0 Å². The molecule has 0 bridgehead atoms. The van der Waals surface area contributed by atoms with Crippen molar-refractivity contribution < 1.29 is 17.9 Å². The monoisotopic (exact) mass is 474 g/mol. The van der Waals surface area contributed by atoms with Crippen LogP contribution in [0.2, 0.25) is 0 Å². The molecule has 6 nitrogen and oxygen atoms in total. The number of hydrogen-bond acceptors (Lipinski definition) is 4. The van der Waals surface area contributed by atoms with Crippen LogP contribution in [0.25, 0.3) is 16.9 Å². The van der Waals surface area contributed by atoms with E-state index < -0.39 is 16.0 Å². The highest BCUT2D eigenvalue weighted by molar-refractivity contribution is 7.89. The van der Waals surface area contributed by atoms with E-state index in [9.17, 15) is 13.2 Å². The minimum atomic E-state index is -4.11. The zero-order chi connectivity index (χ0) is 24.1. The van der Waals surface area contributed by atoms with E-state index in [0.29, 0.717) is 17.0 Å². The maximum Gasteiger partial charge on any atom is 0.341 e. The number of hydrogen-bond donors (Lipinski definition) is 1. The lowest BCUT2D eigenvalue weighted by molar-refractivity contribution is 0.0521. The van der Waals surface area contributed by atoms with Gasteiger partial charge in [0.05, 0.1) is 12.3 Å². The molecule has 1 heterocycles. The lowest BCUT2D eigenvalue weighted by Crippen LogP contribution is -2.25. The van der Waals surface area contributed by atoms with Crippen LogP contribution in [0.15, 0.2) is 95.9 Å². The molecule has 0 aliphatic heterocycles. The van der Waals surface area contributed by atoms with Crippen molar-refractivity contribution in [1.29, 1.82) is 0 Å². The first-order valence-electron chi connectivity index (χ1n) is 11.0. The zero-order valence-corrected chi connectivity index (χ0v) is 19.9. The molecule has 1 N–H and O–H groups in total. The Morgan fingerprint density at radius 1 is 0.882 bits per heavy atom. The van der Waals surface area contributed by atoms with Crippen molar-refractivity contribution in [3.63, 3.8) is 0 Å². The number of para-hydroxylation sites is 1. The predicted octanol–water partition coefficient (Wildman–Crippen LogP) is 5.11. The summed E-state index contributed by atoms with van der Waals surface area (Å²) >= 11 is 0. The molecular weight excluding hydrogens is 448 g/mol. The van der Waals surface area contributed by atoms with Crippen molar-refractivity contribution in [2.24, 2.45) is 0 Å². The van der Waals surface area contributed by atoms with Gasteiger partial charge in [-0.2, -0.15) is 0 Å². The van der Waals surface area contributed by atoms with Gasteiger partial charge in [0, 0.05) is 17.9 Å². The number of nitrogens with zero attached hydrogens (tertiary/aromatic N) is 1. The predicted molar refractivity (Wildman–Crippen MR) is 132 cm³/mol. The van der Waals surface area contributed by atoms with Crippen molar-refractivity contribution in [2.75, 3.05) is 6.61 Å². The molecule has 3 aromatic carbocycles.